The quantitative estimate of drug-likeness (QED) is 0.808. The molecule has 0 spiro atoms. The number of amides is 1. The molecule has 0 saturated carbocycles. The second kappa shape index (κ2) is 5.90. The Balaban J connectivity index is 2.15. The fourth-order valence-electron chi connectivity index (χ4n) is 2.20. The van der Waals surface area contributed by atoms with Crippen molar-refractivity contribution < 1.29 is 17.9 Å². The van der Waals surface area contributed by atoms with Crippen molar-refractivity contribution in [3.8, 4) is 0 Å². The van der Waals surface area contributed by atoms with E-state index < -0.39 is 10.0 Å². The zero-order chi connectivity index (χ0) is 14.8. The number of benzene rings is 1. The van der Waals surface area contributed by atoms with Crippen LogP contribution in [0, 0.1) is 0 Å². The van der Waals surface area contributed by atoms with Gasteiger partial charge in [-0.05, 0) is 36.6 Å². The second-order valence-corrected chi connectivity index (χ2v) is 6.24. The van der Waals surface area contributed by atoms with E-state index in [9.17, 15) is 13.2 Å². The van der Waals surface area contributed by atoms with Crippen molar-refractivity contribution in [2.75, 3.05) is 24.7 Å². The van der Waals surface area contributed by atoms with E-state index in [1.54, 1.807) is 11.0 Å². The predicted molar refractivity (Wildman–Crippen MR) is 75.0 cm³/mol. The molecule has 0 atom stereocenters. The molecule has 0 bridgehead atoms. The van der Waals surface area contributed by atoms with Crippen LogP contribution in [0.2, 0.25) is 0 Å². The summed E-state index contributed by atoms with van der Waals surface area (Å²) in [5.41, 5.74) is 1.56. The van der Waals surface area contributed by atoms with E-state index in [1.165, 1.54) is 12.1 Å². The highest BCUT2D eigenvalue weighted by Gasteiger charge is 2.25. The molecule has 7 heteroatoms. The standard InChI is InChI=1S/C13H18N2O4S/c1-2-7-19-9-13(16)15-6-5-10-8-11(20(14,17)18)3-4-12(10)15/h3-4,8H,2,5-7,9H2,1H3,(H2,14,17,18). The summed E-state index contributed by atoms with van der Waals surface area (Å²) in [7, 11) is -3.71. The third-order valence-corrected chi connectivity index (χ3v) is 4.06. The number of anilines is 1. The lowest BCUT2D eigenvalue weighted by atomic mass is 10.2. The maximum Gasteiger partial charge on any atom is 0.252 e. The molecule has 1 heterocycles. The van der Waals surface area contributed by atoms with E-state index in [4.69, 9.17) is 9.88 Å². The number of fused-ring (bicyclic) bond motifs is 1. The molecule has 6 nitrogen and oxygen atoms in total. The van der Waals surface area contributed by atoms with Crippen molar-refractivity contribution in [3.63, 3.8) is 0 Å². The van der Waals surface area contributed by atoms with Crippen LogP contribution < -0.4 is 10.0 Å². The van der Waals surface area contributed by atoms with Crippen LogP contribution in [0.5, 0.6) is 0 Å². The van der Waals surface area contributed by atoms with Crippen LogP contribution in [-0.4, -0.2) is 34.1 Å². The molecule has 1 aliphatic rings. The van der Waals surface area contributed by atoms with Crippen LogP contribution in [0.3, 0.4) is 0 Å². The zero-order valence-corrected chi connectivity index (χ0v) is 12.1. The molecule has 0 radical (unpaired) electrons. The van der Waals surface area contributed by atoms with Gasteiger partial charge in [-0.25, -0.2) is 13.6 Å². The van der Waals surface area contributed by atoms with Gasteiger partial charge in [-0.2, -0.15) is 0 Å². The SMILES string of the molecule is CCCOCC(=O)N1CCc2cc(S(N)(=O)=O)ccc21. The van der Waals surface area contributed by atoms with E-state index >= 15 is 0 Å². The number of sulfonamides is 1. The van der Waals surface area contributed by atoms with Gasteiger partial charge in [-0.1, -0.05) is 6.92 Å². The predicted octanol–water partition coefficient (Wildman–Crippen LogP) is 0.650. The summed E-state index contributed by atoms with van der Waals surface area (Å²) in [5.74, 6) is -0.111. The Labute approximate surface area is 118 Å². The third kappa shape index (κ3) is 3.17. The molecule has 0 saturated heterocycles. The van der Waals surface area contributed by atoms with Crippen LogP contribution in [0.15, 0.2) is 23.1 Å². The van der Waals surface area contributed by atoms with Gasteiger partial charge >= 0.3 is 0 Å². The summed E-state index contributed by atoms with van der Waals surface area (Å²) in [6, 6.07) is 4.58. The summed E-state index contributed by atoms with van der Waals surface area (Å²) in [4.78, 5) is 13.7. The van der Waals surface area contributed by atoms with Gasteiger partial charge in [-0.3, -0.25) is 4.79 Å². The van der Waals surface area contributed by atoms with Crippen molar-refractivity contribution in [3.05, 3.63) is 23.8 Å². The normalized spacial score (nSPS) is 14.4. The highest BCUT2D eigenvalue weighted by molar-refractivity contribution is 7.89. The van der Waals surface area contributed by atoms with Gasteiger partial charge in [0.2, 0.25) is 10.0 Å². The number of carbonyl (C=O) groups excluding carboxylic acids is 1. The molecule has 0 fully saturated rings. The number of carbonyl (C=O) groups is 1. The molecular formula is C13H18N2O4S. The van der Waals surface area contributed by atoms with Gasteiger partial charge in [0.05, 0.1) is 4.90 Å². The molecule has 20 heavy (non-hydrogen) atoms. The largest absolute Gasteiger partial charge is 0.372 e. The van der Waals surface area contributed by atoms with Crippen LogP contribution in [-0.2, 0) is 26.0 Å². The van der Waals surface area contributed by atoms with E-state index in [1.807, 2.05) is 6.92 Å². The fourth-order valence-corrected chi connectivity index (χ4v) is 2.76. The first-order valence-corrected chi connectivity index (χ1v) is 8.02. The van der Waals surface area contributed by atoms with E-state index in [2.05, 4.69) is 0 Å². The molecule has 2 N–H and O–H groups in total. The maximum atomic E-state index is 12.0. The molecule has 1 amide bonds. The fraction of sp³-hybridized carbons (Fsp3) is 0.462. The lowest BCUT2D eigenvalue weighted by molar-refractivity contribution is -0.123. The third-order valence-electron chi connectivity index (χ3n) is 3.15. The van der Waals surface area contributed by atoms with Gasteiger partial charge in [0.15, 0.2) is 0 Å². The Kier molecular flexibility index (Phi) is 4.42. The molecule has 0 unspecified atom stereocenters. The Morgan fingerprint density at radius 3 is 2.85 bits per heavy atom. The molecule has 2 rings (SSSR count). The first kappa shape index (κ1) is 15.0. The summed E-state index contributed by atoms with van der Waals surface area (Å²) in [6.45, 7) is 3.11. The summed E-state index contributed by atoms with van der Waals surface area (Å²) in [6.07, 6.45) is 1.49. The van der Waals surface area contributed by atoms with E-state index in [-0.39, 0.29) is 17.4 Å². The number of primary sulfonamides is 1. The highest BCUT2D eigenvalue weighted by atomic mass is 32.2. The Bertz CT molecular complexity index is 613. The molecular weight excluding hydrogens is 280 g/mol. The second-order valence-electron chi connectivity index (χ2n) is 4.68. The highest BCUT2D eigenvalue weighted by Crippen LogP contribution is 2.29. The number of nitrogens with two attached hydrogens (primary N) is 1. The minimum absolute atomic E-state index is 0.0459. The van der Waals surface area contributed by atoms with Gasteiger partial charge in [0.1, 0.15) is 6.61 Å². The lowest BCUT2D eigenvalue weighted by Crippen LogP contribution is -2.32. The molecule has 0 aliphatic carbocycles. The monoisotopic (exact) mass is 298 g/mol. The van der Waals surface area contributed by atoms with E-state index in [0.717, 1.165) is 17.7 Å². The molecule has 1 aliphatic heterocycles. The van der Waals surface area contributed by atoms with Gasteiger partial charge < -0.3 is 9.64 Å². The van der Waals surface area contributed by atoms with Gasteiger partial charge in [0.25, 0.3) is 5.91 Å². The van der Waals surface area contributed by atoms with Crippen LogP contribution in [0.25, 0.3) is 0 Å². The number of nitrogens with zero attached hydrogens (tertiary/aromatic N) is 1. The van der Waals surface area contributed by atoms with Gasteiger partial charge in [0, 0.05) is 18.8 Å². The Morgan fingerprint density at radius 1 is 1.45 bits per heavy atom. The average Bonchev–Trinajstić information content (AvgIpc) is 2.80. The van der Waals surface area contributed by atoms with Crippen LogP contribution in [0.1, 0.15) is 18.9 Å². The first-order valence-electron chi connectivity index (χ1n) is 6.47. The van der Waals surface area contributed by atoms with Crippen molar-refractivity contribution in [2.24, 2.45) is 5.14 Å². The van der Waals surface area contributed by atoms with Crippen molar-refractivity contribution in [1.29, 1.82) is 0 Å². The molecule has 1 aromatic rings. The van der Waals surface area contributed by atoms with Crippen molar-refractivity contribution in [1.82, 2.24) is 0 Å². The Morgan fingerprint density at radius 2 is 2.20 bits per heavy atom. The molecule has 1 aromatic carbocycles. The Hall–Kier alpha value is -1.44. The minimum Gasteiger partial charge on any atom is -0.372 e. The van der Waals surface area contributed by atoms with Gasteiger partial charge in [-0.15, -0.1) is 0 Å². The molecule has 110 valence electrons. The number of hydrogen-bond acceptors (Lipinski definition) is 4. The number of ether oxygens (including phenoxy) is 1. The topological polar surface area (TPSA) is 89.7 Å². The minimum atomic E-state index is -3.71. The first-order chi connectivity index (χ1) is 9.43. The molecule has 0 aromatic heterocycles. The van der Waals surface area contributed by atoms with Crippen LogP contribution in [0.4, 0.5) is 5.69 Å². The summed E-state index contributed by atoms with van der Waals surface area (Å²) >= 11 is 0. The summed E-state index contributed by atoms with van der Waals surface area (Å²) < 4.78 is 27.8. The maximum absolute atomic E-state index is 12.0. The number of rotatable bonds is 5. The van der Waals surface area contributed by atoms with Crippen molar-refractivity contribution >= 4 is 21.6 Å². The smallest absolute Gasteiger partial charge is 0.252 e. The average molecular weight is 298 g/mol. The lowest BCUT2D eigenvalue weighted by Gasteiger charge is -2.17. The van der Waals surface area contributed by atoms with E-state index in [0.29, 0.717) is 19.6 Å². The number of hydrogen-bond donors (Lipinski definition) is 1. The van der Waals surface area contributed by atoms with Crippen LogP contribution >= 0.6 is 0 Å². The zero-order valence-electron chi connectivity index (χ0n) is 11.3. The summed E-state index contributed by atoms with van der Waals surface area (Å²) in [5, 5.41) is 5.10. The van der Waals surface area contributed by atoms with Crippen molar-refractivity contribution in [2.45, 2.75) is 24.7 Å².